The lowest BCUT2D eigenvalue weighted by atomic mass is 9.64. The number of hydrogen-bond donors (Lipinski definition) is 2. The zero-order chi connectivity index (χ0) is 17.4. The number of carbonyl (C=O) groups is 2. The Labute approximate surface area is 148 Å². The van der Waals surface area contributed by atoms with E-state index in [1.807, 2.05) is 13.0 Å². The molecule has 2 N–H and O–H groups in total. The van der Waals surface area contributed by atoms with Gasteiger partial charge in [0, 0.05) is 29.6 Å². The zero-order valence-corrected chi connectivity index (χ0v) is 14.7. The van der Waals surface area contributed by atoms with E-state index in [1.165, 1.54) is 12.0 Å². The van der Waals surface area contributed by atoms with Gasteiger partial charge in [-0.15, -0.1) is 0 Å². The Morgan fingerprint density at radius 1 is 1.16 bits per heavy atom. The largest absolute Gasteiger partial charge is 0.354 e. The van der Waals surface area contributed by atoms with Gasteiger partial charge in [-0.05, 0) is 43.7 Å². The molecule has 4 rings (SSSR count). The van der Waals surface area contributed by atoms with E-state index in [0.717, 1.165) is 42.5 Å². The van der Waals surface area contributed by atoms with Crippen LogP contribution in [0.5, 0.6) is 0 Å². The maximum absolute atomic E-state index is 12.8. The smallest absolute Gasteiger partial charge is 0.268 e. The van der Waals surface area contributed by atoms with Crippen LogP contribution in [0.3, 0.4) is 0 Å². The second kappa shape index (κ2) is 6.17. The number of rotatable bonds is 4. The number of aromatic nitrogens is 1. The number of hydrogen-bond acceptors (Lipinski definition) is 2. The molecule has 4 heteroatoms. The van der Waals surface area contributed by atoms with E-state index in [4.69, 9.17) is 0 Å². The summed E-state index contributed by atoms with van der Waals surface area (Å²) < 4.78 is 0. The summed E-state index contributed by atoms with van der Waals surface area (Å²) in [5.41, 5.74) is 4.41. The van der Waals surface area contributed by atoms with Gasteiger partial charge in [-0.25, -0.2) is 0 Å². The number of benzene rings is 1. The van der Waals surface area contributed by atoms with Gasteiger partial charge in [0.1, 0.15) is 5.69 Å². The molecule has 1 heterocycles. The summed E-state index contributed by atoms with van der Waals surface area (Å²) in [4.78, 5) is 28.1. The highest BCUT2D eigenvalue weighted by molar-refractivity contribution is 6.04. The minimum Gasteiger partial charge on any atom is -0.354 e. The van der Waals surface area contributed by atoms with Gasteiger partial charge in [-0.1, -0.05) is 36.8 Å². The first-order valence-electron chi connectivity index (χ1n) is 9.19. The van der Waals surface area contributed by atoms with Crippen molar-refractivity contribution in [3.8, 4) is 0 Å². The molecule has 2 aromatic rings. The topological polar surface area (TPSA) is 62.0 Å². The van der Waals surface area contributed by atoms with Crippen molar-refractivity contribution in [2.45, 2.75) is 50.9 Å². The Morgan fingerprint density at radius 2 is 1.92 bits per heavy atom. The Morgan fingerprint density at radius 3 is 2.56 bits per heavy atom. The van der Waals surface area contributed by atoms with E-state index < -0.39 is 0 Å². The van der Waals surface area contributed by atoms with Crippen molar-refractivity contribution in [1.29, 1.82) is 0 Å². The summed E-state index contributed by atoms with van der Waals surface area (Å²) in [7, 11) is 0. The van der Waals surface area contributed by atoms with Crippen molar-refractivity contribution in [3.63, 3.8) is 0 Å². The van der Waals surface area contributed by atoms with Crippen LogP contribution in [0.15, 0.2) is 30.3 Å². The molecule has 0 saturated heterocycles. The number of aromatic amines is 1. The lowest BCUT2D eigenvalue weighted by molar-refractivity contribution is 0.0922. The number of H-pyrrole nitrogens is 1. The van der Waals surface area contributed by atoms with Crippen molar-refractivity contribution in [3.05, 3.63) is 58.4 Å². The Hall–Kier alpha value is -2.36. The van der Waals surface area contributed by atoms with Gasteiger partial charge in [-0.3, -0.25) is 9.59 Å². The summed E-state index contributed by atoms with van der Waals surface area (Å²) in [6.07, 6.45) is 5.72. The number of carbonyl (C=O) groups excluding carboxylic acids is 2. The fourth-order valence-electron chi connectivity index (χ4n) is 4.30. The second-order valence-corrected chi connectivity index (χ2v) is 7.44. The van der Waals surface area contributed by atoms with Gasteiger partial charge in [0.2, 0.25) is 0 Å². The maximum atomic E-state index is 12.8. The van der Waals surface area contributed by atoms with E-state index in [2.05, 4.69) is 34.6 Å². The van der Waals surface area contributed by atoms with Crippen molar-refractivity contribution >= 4 is 11.7 Å². The second-order valence-electron chi connectivity index (χ2n) is 7.44. The molecule has 0 atom stereocenters. The van der Waals surface area contributed by atoms with Crippen molar-refractivity contribution in [2.75, 3.05) is 6.54 Å². The molecule has 2 aliphatic rings. The van der Waals surface area contributed by atoms with Crippen molar-refractivity contribution in [1.82, 2.24) is 10.3 Å². The molecule has 130 valence electrons. The quantitative estimate of drug-likeness (QED) is 0.894. The fourth-order valence-corrected chi connectivity index (χ4v) is 4.30. The van der Waals surface area contributed by atoms with Gasteiger partial charge in [0.15, 0.2) is 5.78 Å². The molecule has 1 fully saturated rings. The highest BCUT2D eigenvalue weighted by Gasteiger charge is 2.39. The molecule has 1 saturated carbocycles. The fraction of sp³-hybridized carbons (Fsp3) is 0.429. The summed E-state index contributed by atoms with van der Waals surface area (Å²) in [6, 6.07) is 10.5. The van der Waals surface area contributed by atoms with E-state index in [9.17, 15) is 9.59 Å². The van der Waals surface area contributed by atoms with Crippen LogP contribution in [-0.4, -0.2) is 23.2 Å². The molecule has 4 nitrogen and oxygen atoms in total. The molecule has 0 aliphatic heterocycles. The molecule has 1 aromatic carbocycles. The van der Waals surface area contributed by atoms with E-state index in [1.54, 1.807) is 0 Å². The number of Topliss-reactive ketones (excluding diaryl/α,β-unsaturated/α-hetero) is 1. The first kappa shape index (κ1) is 16.1. The molecule has 0 unspecified atom stereocenters. The normalized spacial score (nSPS) is 18.4. The lowest BCUT2D eigenvalue weighted by Gasteiger charge is -2.42. The van der Waals surface area contributed by atoms with Crippen LogP contribution >= 0.6 is 0 Å². The van der Waals surface area contributed by atoms with E-state index >= 15 is 0 Å². The van der Waals surface area contributed by atoms with Crippen LogP contribution in [0.2, 0.25) is 0 Å². The number of ketones is 1. The number of fused-ring (bicyclic) bond motifs is 1. The molecular weight excluding hydrogens is 312 g/mol. The van der Waals surface area contributed by atoms with Gasteiger partial charge in [0.05, 0.1) is 0 Å². The van der Waals surface area contributed by atoms with Crippen LogP contribution < -0.4 is 5.32 Å². The highest BCUT2D eigenvalue weighted by atomic mass is 16.2. The van der Waals surface area contributed by atoms with E-state index in [-0.39, 0.29) is 17.1 Å². The molecule has 0 spiro atoms. The number of nitrogens with one attached hydrogen (secondary N) is 2. The monoisotopic (exact) mass is 336 g/mol. The summed E-state index contributed by atoms with van der Waals surface area (Å²) in [5, 5.41) is 3.12. The molecule has 1 aromatic heterocycles. The van der Waals surface area contributed by atoms with Crippen LogP contribution in [0.25, 0.3) is 0 Å². The van der Waals surface area contributed by atoms with Crippen LogP contribution in [0.1, 0.15) is 69.8 Å². The van der Waals surface area contributed by atoms with Gasteiger partial charge in [0.25, 0.3) is 5.91 Å². The molecule has 2 aliphatic carbocycles. The molecule has 1 amide bonds. The van der Waals surface area contributed by atoms with Crippen molar-refractivity contribution < 1.29 is 9.59 Å². The first-order valence-corrected chi connectivity index (χ1v) is 9.19. The zero-order valence-electron chi connectivity index (χ0n) is 14.7. The Balaban J connectivity index is 1.52. The van der Waals surface area contributed by atoms with Crippen LogP contribution in [-0.2, 0) is 11.8 Å². The first-order chi connectivity index (χ1) is 12.1. The third-order valence-electron chi connectivity index (χ3n) is 5.95. The van der Waals surface area contributed by atoms with Crippen LogP contribution in [0, 0.1) is 6.92 Å². The summed E-state index contributed by atoms with van der Waals surface area (Å²) in [6.45, 7) is 2.52. The maximum Gasteiger partial charge on any atom is 0.268 e. The van der Waals surface area contributed by atoms with E-state index in [0.29, 0.717) is 18.7 Å². The Bertz CT molecular complexity index is 816. The summed E-state index contributed by atoms with van der Waals surface area (Å²) in [5.74, 6) is 0.0655. The van der Waals surface area contributed by atoms with Gasteiger partial charge >= 0.3 is 0 Å². The molecule has 25 heavy (non-hydrogen) atoms. The van der Waals surface area contributed by atoms with Gasteiger partial charge in [-0.2, -0.15) is 0 Å². The predicted molar refractivity (Wildman–Crippen MR) is 97.1 cm³/mol. The minimum atomic E-state index is -0.0955. The average molecular weight is 336 g/mol. The predicted octanol–water partition coefficient (Wildman–Crippen LogP) is 3.69. The van der Waals surface area contributed by atoms with Crippen LogP contribution in [0.4, 0.5) is 0 Å². The summed E-state index contributed by atoms with van der Waals surface area (Å²) >= 11 is 0. The van der Waals surface area contributed by atoms with Gasteiger partial charge < -0.3 is 10.3 Å². The molecule has 0 bridgehead atoms. The third kappa shape index (κ3) is 2.70. The number of amides is 1. The number of aryl methyl sites for hydroxylation is 1. The SMILES string of the molecule is Cc1c(C(=O)NCC2(c3ccccc3)CCC2)[nH]c2c1C(=O)CCC2. The minimum absolute atomic E-state index is 0.0624. The average Bonchev–Trinajstić information content (AvgIpc) is 2.93. The Kier molecular flexibility index (Phi) is 3.98. The standard InChI is InChI=1S/C21H24N2O2/c1-14-18-16(9-5-10-17(18)24)23-19(14)20(25)22-13-21(11-6-12-21)15-7-3-2-4-8-15/h2-4,7-8,23H,5-6,9-13H2,1H3,(H,22,25). The molecular formula is C21H24N2O2. The third-order valence-corrected chi connectivity index (χ3v) is 5.95. The molecule has 0 radical (unpaired) electrons. The van der Waals surface area contributed by atoms with Crippen molar-refractivity contribution in [2.24, 2.45) is 0 Å². The lowest BCUT2D eigenvalue weighted by Crippen LogP contribution is -2.45. The highest BCUT2D eigenvalue weighted by Crippen LogP contribution is 2.43.